The molecule has 0 aliphatic rings. The van der Waals surface area contributed by atoms with Gasteiger partial charge in [0.2, 0.25) is 0 Å². The molecule has 2 rings (SSSR count). The summed E-state index contributed by atoms with van der Waals surface area (Å²) in [5, 5.41) is 2.40. The van der Waals surface area contributed by atoms with Gasteiger partial charge in [-0.2, -0.15) is 0 Å². The van der Waals surface area contributed by atoms with Crippen molar-refractivity contribution in [1.82, 2.24) is 0 Å². The van der Waals surface area contributed by atoms with Crippen molar-refractivity contribution < 1.29 is 4.74 Å². The molecule has 0 aliphatic heterocycles. The average molecular weight is 222 g/mol. The normalized spacial score (nSPS) is 9.82. The first-order valence-corrected chi connectivity index (χ1v) is 5.54. The zero-order chi connectivity index (χ0) is 12.1. The number of terminal acetylenes is 1. The molecular weight excluding hydrogens is 208 g/mol. The standard InChI is InChI=1S/C16H14O/c1-3-7-15-14-9-6-5-8-13(14)10-11-16(15)17-12-4-2/h2-3,5-6,8-11H,1,7,12H2. The maximum Gasteiger partial charge on any atom is 0.148 e. The second-order valence-corrected chi connectivity index (χ2v) is 3.75. The maximum atomic E-state index is 5.56. The highest BCUT2D eigenvalue weighted by atomic mass is 16.5. The molecule has 0 amide bonds. The molecule has 17 heavy (non-hydrogen) atoms. The van der Waals surface area contributed by atoms with Crippen molar-refractivity contribution >= 4 is 10.8 Å². The van der Waals surface area contributed by atoms with Crippen LogP contribution >= 0.6 is 0 Å². The molecule has 0 spiro atoms. The molecule has 0 atom stereocenters. The minimum Gasteiger partial charge on any atom is -0.481 e. The summed E-state index contributed by atoms with van der Waals surface area (Å²) in [7, 11) is 0. The van der Waals surface area contributed by atoms with E-state index in [1.807, 2.05) is 30.3 Å². The molecule has 0 saturated heterocycles. The van der Waals surface area contributed by atoms with Gasteiger partial charge in [0.05, 0.1) is 0 Å². The number of ether oxygens (including phenoxy) is 1. The van der Waals surface area contributed by atoms with Gasteiger partial charge in [-0.05, 0) is 23.3 Å². The van der Waals surface area contributed by atoms with Crippen LogP contribution in [0.2, 0.25) is 0 Å². The van der Waals surface area contributed by atoms with Crippen LogP contribution in [0.1, 0.15) is 5.56 Å². The molecule has 2 aromatic carbocycles. The summed E-state index contributed by atoms with van der Waals surface area (Å²) in [5.41, 5.74) is 1.15. The Morgan fingerprint density at radius 1 is 1.24 bits per heavy atom. The van der Waals surface area contributed by atoms with E-state index in [1.54, 1.807) is 0 Å². The second kappa shape index (κ2) is 5.23. The van der Waals surface area contributed by atoms with Crippen molar-refractivity contribution in [2.24, 2.45) is 0 Å². The summed E-state index contributed by atoms with van der Waals surface area (Å²) in [4.78, 5) is 0. The Balaban J connectivity index is 2.56. The molecular formula is C16H14O. The van der Waals surface area contributed by atoms with Crippen LogP contribution in [0.5, 0.6) is 5.75 Å². The van der Waals surface area contributed by atoms with Crippen molar-refractivity contribution in [2.75, 3.05) is 6.61 Å². The van der Waals surface area contributed by atoms with Crippen LogP contribution in [0.15, 0.2) is 49.1 Å². The molecule has 0 saturated carbocycles. The number of allylic oxidation sites excluding steroid dienone is 1. The lowest BCUT2D eigenvalue weighted by Gasteiger charge is -2.11. The highest BCUT2D eigenvalue weighted by Crippen LogP contribution is 2.28. The number of hydrogen-bond acceptors (Lipinski definition) is 1. The van der Waals surface area contributed by atoms with Gasteiger partial charge in [-0.15, -0.1) is 13.0 Å². The minimum absolute atomic E-state index is 0.294. The largest absolute Gasteiger partial charge is 0.481 e. The lowest BCUT2D eigenvalue weighted by atomic mass is 10.0. The van der Waals surface area contributed by atoms with Crippen LogP contribution in [0.4, 0.5) is 0 Å². The number of fused-ring (bicyclic) bond motifs is 1. The van der Waals surface area contributed by atoms with Gasteiger partial charge in [0.15, 0.2) is 0 Å². The monoisotopic (exact) mass is 222 g/mol. The first kappa shape index (κ1) is 11.3. The smallest absolute Gasteiger partial charge is 0.148 e. The van der Waals surface area contributed by atoms with Crippen LogP contribution in [-0.4, -0.2) is 6.61 Å². The fourth-order valence-electron chi connectivity index (χ4n) is 1.93. The highest BCUT2D eigenvalue weighted by molar-refractivity contribution is 5.87. The highest BCUT2D eigenvalue weighted by Gasteiger charge is 2.06. The maximum absolute atomic E-state index is 5.56. The Morgan fingerprint density at radius 3 is 2.82 bits per heavy atom. The molecule has 0 radical (unpaired) electrons. The lowest BCUT2D eigenvalue weighted by molar-refractivity contribution is 0.367. The van der Waals surface area contributed by atoms with Crippen molar-refractivity contribution in [3.8, 4) is 18.1 Å². The Bertz CT molecular complexity index is 576. The van der Waals surface area contributed by atoms with Gasteiger partial charge < -0.3 is 4.74 Å². The van der Waals surface area contributed by atoms with Crippen LogP contribution in [0.25, 0.3) is 10.8 Å². The summed E-state index contributed by atoms with van der Waals surface area (Å²) >= 11 is 0. The summed E-state index contributed by atoms with van der Waals surface area (Å²) < 4.78 is 5.56. The van der Waals surface area contributed by atoms with Gasteiger partial charge in [0.25, 0.3) is 0 Å². The fourth-order valence-corrected chi connectivity index (χ4v) is 1.93. The van der Waals surface area contributed by atoms with E-state index in [4.69, 9.17) is 11.2 Å². The molecule has 0 fully saturated rings. The quantitative estimate of drug-likeness (QED) is 0.567. The molecule has 2 aromatic rings. The number of hydrogen-bond donors (Lipinski definition) is 0. The molecule has 1 nitrogen and oxygen atoms in total. The molecule has 0 aliphatic carbocycles. The SMILES string of the molecule is C#CCOc1ccc2ccccc2c1CC=C. The van der Waals surface area contributed by atoms with E-state index in [0.717, 1.165) is 17.7 Å². The van der Waals surface area contributed by atoms with Crippen molar-refractivity contribution in [3.63, 3.8) is 0 Å². The molecule has 0 heterocycles. The summed E-state index contributed by atoms with van der Waals surface area (Å²) in [6, 6.07) is 12.3. The third-order valence-electron chi connectivity index (χ3n) is 2.66. The zero-order valence-electron chi connectivity index (χ0n) is 9.65. The van der Waals surface area contributed by atoms with Crippen LogP contribution in [0.3, 0.4) is 0 Å². The minimum atomic E-state index is 0.294. The summed E-state index contributed by atoms with van der Waals surface area (Å²) in [5.74, 6) is 3.33. The first-order chi connectivity index (χ1) is 8.36. The van der Waals surface area contributed by atoms with E-state index in [9.17, 15) is 0 Å². The van der Waals surface area contributed by atoms with E-state index < -0.39 is 0 Å². The number of rotatable bonds is 4. The van der Waals surface area contributed by atoms with E-state index in [2.05, 4.69) is 24.6 Å². The summed E-state index contributed by atoms with van der Waals surface area (Å²) in [6.07, 6.45) is 7.88. The molecule has 0 N–H and O–H groups in total. The predicted octanol–water partition coefficient (Wildman–Crippen LogP) is 3.58. The third kappa shape index (κ3) is 2.32. The van der Waals surface area contributed by atoms with Crippen molar-refractivity contribution in [1.29, 1.82) is 0 Å². The average Bonchev–Trinajstić information content (AvgIpc) is 2.38. The van der Waals surface area contributed by atoms with E-state index in [-0.39, 0.29) is 0 Å². The fraction of sp³-hybridized carbons (Fsp3) is 0.125. The molecule has 0 aromatic heterocycles. The zero-order valence-corrected chi connectivity index (χ0v) is 9.65. The van der Waals surface area contributed by atoms with Gasteiger partial charge in [-0.3, -0.25) is 0 Å². The Morgan fingerprint density at radius 2 is 2.06 bits per heavy atom. The topological polar surface area (TPSA) is 9.23 Å². The van der Waals surface area contributed by atoms with Gasteiger partial charge in [-0.25, -0.2) is 0 Å². The van der Waals surface area contributed by atoms with E-state index >= 15 is 0 Å². The van der Waals surface area contributed by atoms with Crippen molar-refractivity contribution in [3.05, 3.63) is 54.6 Å². The van der Waals surface area contributed by atoms with Crippen LogP contribution in [-0.2, 0) is 6.42 Å². The Labute approximate surface area is 102 Å². The Hall–Kier alpha value is -2.20. The predicted molar refractivity (Wildman–Crippen MR) is 72.2 cm³/mol. The van der Waals surface area contributed by atoms with Crippen LogP contribution in [0, 0.1) is 12.3 Å². The van der Waals surface area contributed by atoms with Gasteiger partial charge in [-0.1, -0.05) is 42.3 Å². The third-order valence-corrected chi connectivity index (χ3v) is 2.66. The molecule has 0 unspecified atom stereocenters. The van der Waals surface area contributed by atoms with Gasteiger partial charge >= 0.3 is 0 Å². The van der Waals surface area contributed by atoms with E-state index in [1.165, 1.54) is 10.8 Å². The van der Waals surface area contributed by atoms with E-state index in [0.29, 0.717) is 6.61 Å². The van der Waals surface area contributed by atoms with Crippen LogP contribution < -0.4 is 4.74 Å². The number of benzene rings is 2. The van der Waals surface area contributed by atoms with Gasteiger partial charge in [0.1, 0.15) is 12.4 Å². The first-order valence-electron chi connectivity index (χ1n) is 5.54. The Kier molecular flexibility index (Phi) is 3.47. The lowest BCUT2D eigenvalue weighted by Crippen LogP contribution is -1.98. The molecule has 0 bridgehead atoms. The molecule has 84 valence electrons. The van der Waals surface area contributed by atoms with Crippen molar-refractivity contribution in [2.45, 2.75) is 6.42 Å². The second-order valence-electron chi connectivity index (χ2n) is 3.75. The summed E-state index contributed by atoms with van der Waals surface area (Å²) in [6.45, 7) is 4.08. The van der Waals surface area contributed by atoms with Gasteiger partial charge in [0, 0.05) is 5.56 Å². The molecule has 1 heteroatoms.